The van der Waals surface area contributed by atoms with E-state index in [1.165, 1.54) is 58.0 Å². The number of rotatable bonds is 5. The van der Waals surface area contributed by atoms with E-state index in [1.54, 1.807) is 0 Å². The zero-order valence-electron chi connectivity index (χ0n) is 13.8. The van der Waals surface area contributed by atoms with Crippen LogP contribution >= 0.6 is 0 Å². The third-order valence-electron chi connectivity index (χ3n) is 6.16. The Morgan fingerprint density at radius 2 is 1.55 bits per heavy atom. The summed E-state index contributed by atoms with van der Waals surface area (Å²) in [7, 11) is 0. The van der Waals surface area contributed by atoms with Crippen molar-refractivity contribution >= 4 is 0 Å². The Kier molecular flexibility index (Phi) is 4.72. The summed E-state index contributed by atoms with van der Waals surface area (Å²) in [6.45, 7) is 9.97. The highest BCUT2D eigenvalue weighted by Crippen LogP contribution is 2.37. The Morgan fingerprint density at radius 1 is 0.850 bits per heavy atom. The second-order valence-electron chi connectivity index (χ2n) is 8.12. The van der Waals surface area contributed by atoms with Crippen LogP contribution in [0.5, 0.6) is 0 Å². The van der Waals surface area contributed by atoms with Crippen molar-refractivity contribution in [3.05, 3.63) is 0 Å². The standard InChI is InChI=1S/C18H34N2/c1-13(2)16-10-18(19-17-6-4-5-7-17)12-20(11-16)14(3)15-8-9-15/h13-19H,4-12H2,1-3H3. The molecule has 0 bridgehead atoms. The van der Waals surface area contributed by atoms with E-state index < -0.39 is 0 Å². The number of nitrogens with zero attached hydrogens (tertiary/aromatic N) is 1. The van der Waals surface area contributed by atoms with E-state index in [4.69, 9.17) is 0 Å². The van der Waals surface area contributed by atoms with Crippen molar-refractivity contribution in [2.24, 2.45) is 17.8 Å². The fraction of sp³-hybridized carbons (Fsp3) is 1.00. The van der Waals surface area contributed by atoms with Crippen molar-refractivity contribution in [1.29, 1.82) is 0 Å². The predicted octanol–water partition coefficient (Wildman–Crippen LogP) is 3.66. The summed E-state index contributed by atoms with van der Waals surface area (Å²) in [5, 5.41) is 4.01. The lowest BCUT2D eigenvalue weighted by Gasteiger charge is -2.43. The van der Waals surface area contributed by atoms with Crippen LogP contribution in [0.4, 0.5) is 0 Å². The maximum atomic E-state index is 4.01. The normalized spacial score (nSPS) is 34.8. The molecule has 3 atom stereocenters. The minimum Gasteiger partial charge on any atom is -0.310 e. The van der Waals surface area contributed by atoms with Crippen LogP contribution in [0.2, 0.25) is 0 Å². The summed E-state index contributed by atoms with van der Waals surface area (Å²) >= 11 is 0. The maximum Gasteiger partial charge on any atom is 0.0200 e. The smallest absolute Gasteiger partial charge is 0.0200 e. The van der Waals surface area contributed by atoms with Gasteiger partial charge in [-0.15, -0.1) is 0 Å². The van der Waals surface area contributed by atoms with Gasteiger partial charge in [0.25, 0.3) is 0 Å². The minimum absolute atomic E-state index is 0.750. The lowest BCUT2D eigenvalue weighted by atomic mass is 9.84. The lowest BCUT2D eigenvalue weighted by Crippen LogP contribution is -2.55. The first kappa shape index (κ1) is 14.8. The molecule has 0 aromatic rings. The van der Waals surface area contributed by atoms with Crippen LogP contribution < -0.4 is 5.32 Å². The molecule has 1 N–H and O–H groups in total. The summed E-state index contributed by atoms with van der Waals surface area (Å²) in [5.41, 5.74) is 0. The van der Waals surface area contributed by atoms with E-state index in [0.717, 1.165) is 35.9 Å². The summed E-state index contributed by atoms with van der Waals surface area (Å²) in [6.07, 6.45) is 10.1. The molecule has 0 aromatic carbocycles. The number of likely N-dealkylation sites (tertiary alicyclic amines) is 1. The molecule has 3 rings (SSSR count). The summed E-state index contributed by atoms with van der Waals surface area (Å²) in [4.78, 5) is 2.82. The molecule has 2 saturated carbocycles. The molecule has 116 valence electrons. The van der Waals surface area contributed by atoms with Crippen molar-refractivity contribution in [2.45, 2.75) is 83.8 Å². The third-order valence-corrected chi connectivity index (χ3v) is 6.16. The van der Waals surface area contributed by atoms with E-state index >= 15 is 0 Å². The molecule has 1 aliphatic heterocycles. The molecule has 2 heteroatoms. The molecular formula is C18H34N2. The quantitative estimate of drug-likeness (QED) is 0.825. The number of hydrogen-bond donors (Lipinski definition) is 1. The largest absolute Gasteiger partial charge is 0.310 e. The van der Waals surface area contributed by atoms with Crippen LogP contribution in [0.15, 0.2) is 0 Å². The molecule has 0 aromatic heterocycles. The average molecular weight is 278 g/mol. The fourth-order valence-corrected chi connectivity index (χ4v) is 4.41. The highest BCUT2D eigenvalue weighted by Gasteiger charge is 2.37. The van der Waals surface area contributed by atoms with Gasteiger partial charge in [0.2, 0.25) is 0 Å². The molecular weight excluding hydrogens is 244 g/mol. The van der Waals surface area contributed by atoms with Gasteiger partial charge in [-0.2, -0.15) is 0 Å². The molecule has 0 amide bonds. The monoisotopic (exact) mass is 278 g/mol. The molecule has 3 fully saturated rings. The van der Waals surface area contributed by atoms with E-state index in [0.29, 0.717) is 0 Å². The van der Waals surface area contributed by atoms with E-state index in [9.17, 15) is 0 Å². The topological polar surface area (TPSA) is 15.3 Å². The van der Waals surface area contributed by atoms with Crippen LogP contribution in [-0.4, -0.2) is 36.1 Å². The first-order valence-electron chi connectivity index (χ1n) is 9.13. The van der Waals surface area contributed by atoms with Crippen molar-refractivity contribution in [2.75, 3.05) is 13.1 Å². The first-order valence-corrected chi connectivity index (χ1v) is 9.13. The zero-order chi connectivity index (χ0) is 14.1. The highest BCUT2D eigenvalue weighted by molar-refractivity contribution is 4.93. The molecule has 20 heavy (non-hydrogen) atoms. The number of hydrogen-bond acceptors (Lipinski definition) is 2. The van der Waals surface area contributed by atoms with Crippen molar-refractivity contribution in [1.82, 2.24) is 10.2 Å². The van der Waals surface area contributed by atoms with Gasteiger partial charge in [-0.25, -0.2) is 0 Å². The second-order valence-corrected chi connectivity index (χ2v) is 8.12. The van der Waals surface area contributed by atoms with Gasteiger partial charge in [0.05, 0.1) is 0 Å². The van der Waals surface area contributed by atoms with Gasteiger partial charge in [0, 0.05) is 31.2 Å². The van der Waals surface area contributed by atoms with Gasteiger partial charge in [-0.1, -0.05) is 26.7 Å². The van der Waals surface area contributed by atoms with E-state index in [-0.39, 0.29) is 0 Å². The zero-order valence-corrected chi connectivity index (χ0v) is 13.8. The Bertz CT molecular complexity index is 303. The summed E-state index contributed by atoms with van der Waals surface area (Å²) < 4.78 is 0. The van der Waals surface area contributed by atoms with Gasteiger partial charge < -0.3 is 5.32 Å². The third kappa shape index (κ3) is 3.57. The van der Waals surface area contributed by atoms with E-state index in [1.807, 2.05) is 0 Å². The second kappa shape index (κ2) is 6.36. The fourth-order valence-electron chi connectivity index (χ4n) is 4.41. The van der Waals surface area contributed by atoms with Crippen molar-refractivity contribution in [3.63, 3.8) is 0 Å². The first-order chi connectivity index (χ1) is 9.63. The average Bonchev–Trinajstić information content (AvgIpc) is 3.16. The molecule has 0 radical (unpaired) electrons. The SMILES string of the molecule is CC(C)C1CC(NC2CCCC2)CN(C(C)C2CC2)C1. The predicted molar refractivity (Wildman–Crippen MR) is 85.9 cm³/mol. The van der Waals surface area contributed by atoms with Gasteiger partial charge >= 0.3 is 0 Å². The molecule has 1 heterocycles. The lowest BCUT2D eigenvalue weighted by molar-refractivity contribution is 0.0725. The summed E-state index contributed by atoms with van der Waals surface area (Å²) in [5.74, 6) is 2.73. The molecule has 3 aliphatic rings. The highest BCUT2D eigenvalue weighted by atomic mass is 15.2. The Balaban J connectivity index is 1.59. The molecule has 0 spiro atoms. The summed E-state index contributed by atoms with van der Waals surface area (Å²) in [6, 6.07) is 2.40. The Hall–Kier alpha value is -0.0800. The van der Waals surface area contributed by atoms with Gasteiger partial charge in [0.15, 0.2) is 0 Å². The molecule has 1 saturated heterocycles. The Morgan fingerprint density at radius 3 is 2.15 bits per heavy atom. The molecule has 3 unspecified atom stereocenters. The van der Waals surface area contributed by atoms with Gasteiger partial charge in [-0.3, -0.25) is 4.90 Å². The van der Waals surface area contributed by atoms with Gasteiger partial charge in [0.1, 0.15) is 0 Å². The Labute approximate surface area is 125 Å². The van der Waals surface area contributed by atoms with Crippen LogP contribution in [0.25, 0.3) is 0 Å². The maximum absolute atomic E-state index is 4.01. The van der Waals surface area contributed by atoms with Crippen molar-refractivity contribution < 1.29 is 0 Å². The van der Waals surface area contributed by atoms with E-state index in [2.05, 4.69) is 31.0 Å². The van der Waals surface area contributed by atoms with Crippen molar-refractivity contribution in [3.8, 4) is 0 Å². The van der Waals surface area contributed by atoms with Crippen LogP contribution in [0.3, 0.4) is 0 Å². The van der Waals surface area contributed by atoms with Gasteiger partial charge in [-0.05, 0) is 56.8 Å². The van der Waals surface area contributed by atoms with Crippen LogP contribution in [-0.2, 0) is 0 Å². The number of nitrogens with one attached hydrogen (secondary N) is 1. The molecule has 2 aliphatic carbocycles. The minimum atomic E-state index is 0.750. The number of piperidine rings is 1. The van der Waals surface area contributed by atoms with Crippen LogP contribution in [0.1, 0.15) is 65.7 Å². The van der Waals surface area contributed by atoms with Crippen LogP contribution in [0, 0.1) is 17.8 Å². The molecule has 2 nitrogen and oxygen atoms in total.